The van der Waals surface area contributed by atoms with Crippen LogP contribution in [0, 0.1) is 0 Å². The molecule has 10 heteroatoms. The fourth-order valence-corrected chi connectivity index (χ4v) is 3.58. The number of carbonyl (C=O) groups is 2. The highest BCUT2D eigenvalue weighted by molar-refractivity contribution is 6.09. The van der Waals surface area contributed by atoms with Gasteiger partial charge in [-0.3, -0.25) is 14.6 Å². The van der Waals surface area contributed by atoms with E-state index in [1.165, 1.54) is 18.0 Å². The average Bonchev–Trinajstić information content (AvgIpc) is 3.12. The van der Waals surface area contributed by atoms with Crippen molar-refractivity contribution in [2.75, 3.05) is 19.0 Å². The van der Waals surface area contributed by atoms with Crippen molar-refractivity contribution in [1.82, 2.24) is 14.7 Å². The molecule has 0 spiro atoms. The number of fused-ring (bicyclic) bond motifs is 3. The first kappa shape index (κ1) is 17.4. The molecule has 0 aliphatic carbocycles. The smallest absolute Gasteiger partial charge is 0.302 e. The fraction of sp³-hybridized carbons (Fsp3) is 0.353. The maximum Gasteiger partial charge on any atom is 0.416 e. The summed E-state index contributed by atoms with van der Waals surface area (Å²) in [5.74, 6) is -0.0816. The molecule has 0 bridgehead atoms. The summed E-state index contributed by atoms with van der Waals surface area (Å²) in [6, 6.07) is 3.69. The number of carbonyl (C=O) groups excluding carboxylic acids is 2. The molecule has 3 aliphatic heterocycles. The van der Waals surface area contributed by atoms with Crippen LogP contribution in [-0.4, -0.2) is 58.9 Å². The Morgan fingerprint density at radius 1 is 1.15 bits per heavy atom. The molecule has 4 rings (SSSR count). The van der Waals surface area contributed by atoms with Crippen LogP contribution in [0.2, 0.25) is 0 Å². The number of hydrogen-bond acceptors (Lipinski definition) is 5. The lowest BCUT2D eigenvalue weighted by atomic mass is 10.1. The third-order valence-corrected chi connectivity index (χ3v) is 4.94. The van der Waals surface area contributed by atoms with E-state index in [1.807, 2.05) is 0 Å². The molecule has 2 unspecified atom stereocenters. The molecule has 1 saturated heterocycles. The molecule has 7 nitrogen and oxygen atoms in total. The Bertz CT molecular complexity index is 910. The number of alkyl halides is 3. The summed E-state index contributed by atoms with van der Waals surface area (Å²) in [4.78, 5) is 34.8. The Hall–Kier alpha value is -3.04. The molecule has 2 atom stereocenters. The molecule has 1 aromatic rings. The highest BCUT2D eigenvalue weighted by Crippen LogP contribution is 2.38. The highest BCUT2D eigenvalue weighted by Gasteiger charge is 2.53. The van der Waals surface area contributed by atoms with E-state index in [4.69, 9.17) is 0 Å². The van der Waals surface area contributed by atoms with Gasteiger partial charge in [0, 0.05) is 31.7 Å². The van der Waals surface area contributed by atoms with Gasteiger partial charge in [0.25, 0.3) is 5.91 Å². The minimum absolute atomic E-state index is 0.285. The summed E-state index contributed by atoms with van der Waals surface area (Å²) >= 11 is 0. The van der Waals surface area contributed by atoms with Crippen LogP contribution < -0.4 is 4.90 Å². The van der Waals surface area contributed by atoms with E-state index in [0.29, 0.717) is 11.7 Å². The minimum Gasteiger partial charge on any atom is -0.302 e. The maximum atomic E-state index is 13.1. The second-order valence-corrected chi connectivity index (χ2v) is 6.64. The van der Waals surface area contributed by atoms with Gasteiger partial charge in [-0.1, -0.05) is 6.07 Å². The zero-order valence-electron chi connectivity index (χ0n) is 14.7. The third kappa shape index (κ3) is 2.39. The van der Waals surface area contributed by atoms with Crippen molar-refractivity contribution >= 4 is 23.6 Å². The number of nitrogens with zero attached hydrogens (tertiary/aromatic N) is 5. The Morgan fingerprint density at radius 2 is 1.85 bits per heavy atom. The Labute approximate surface area is 152 Å². The summed E-state index contributed by atoms with van der Waals surface area (Å²) in [5, 5.41) is 0. The molecule has 3 aliphatic rings. The number of anilines is 1. The van der Waals surface area contributed by atoms with Crippen LogP contribution in [0.15, 0.2) is 41.2 Å². The van der Waals surface area contributed by atoms with Crippen molar-refractivity contribution in [2.45, 2.75) is 25.3 Å². The lowest BCUT2D eigenvalue weighted by Crippen LogP contribution is -2.63. The van der Waals surface area contributed by atoms with Crippen molar-refractivity contribution in [1.29, 1.82) is 0 Å². The zero-order valence-corrected chi connectivity index (χ0v) is 14.7. The van der Waals surface area contributed by atoms with Gasteiger partial charge in [0.15, 0.2) is 12.2 Å². The van der Waals surface area contributed by atoms with Gasteiger partial charge in [-0.15, -0.1) is 0 Å². The largest absolute Gasteiger partial charge is 0.416 e. The molecule has 0 radical (unpaired) electrons. The van der Waals surface area contributed by atoms with E-state index in [-0.39, 0.29) is 5.69 Å². The Kier molecular flexibility index (Phi) is 3.53. The van der Waals surface area contributed by atoms with Gasteiger partial charge in [0.2, 0.25) is 5.96 Å². The van der Waals surface area contributed by atoms with Crippen molar-refractivity contribution in [2.24, 2.45) is 4.99 Å². The zero-order chi connectivity index (χ0) is 19.7. The van der Waals surface area contributed by atoms with Gasteiger partial charge in [0.05, 0.1) is 5.56 Å². The number of amides is 3. The number of rotatable bonds is 1. The number of guanidine groups is 1. The van der Waals surface area contributed by atoms with Gasteiger partial charge < -0.3 is 9.80 Å². The molecule has 3 amide bonds. The average molecular weight is 379 g/mol. The SMILES string of the molecule is CC1=CN2C(=NC3C2C(=O)N(C)C(=O)N3C)N1c1cccc(C(F)(F)F)c1. The van der Waals surface area contributed by atoms with Gasteiger partial charge in [-0.2, -0.15) is 13.2 Å². The third-order valence-electron chi connectivity index (χ3n) is 4.94. The summed E-state index contributed by atoms with van der Waals surface area (Å²) in [6.45, 7) is 1.72. The topological polar surface area (TPSA) is 59.5 Å². The monoisotopic (exact) mass is 379 g/mol. The van der Waals surface area contributed by atoms with Gasteiger partial charge in [-0.05, 0) is 25.1 Å². The number of imide groups is 1. The van der Waals surface area contributed by atoms with E-state index in [2.05, 4.69) is 4.99 Å². The normalized spacial score (nSPS) is 25.0. The summed E-state index contributed by atoms with van der Waals surface area (Å²) in [7, 11) is 2.94. The fourth-order valence-electron chi connectivity index (χ4n) is 3.58. The van der Waals surface area contributed by atoms with Crippen molar-refractivity contribution < 1.29 is 22.8 Å². The van der Waals surface area contributed by atoms with Crippen LogP contribution in [0.4, 0.5) is 23.7 Å². The number of aliphatic imine (C=N–C) groups is 1. The van der Waals surface area contributed by atoms with Gasteiger partial charge >= 0.3 is 12.2 Å². The summed E-state index contributed by atoms with van der Waals surface area (Å²) in [5.41, 5.74) is 0.139. The number of likely N-dealkylation sites (N-methyl/N-ethyl adjacent to an activating group) is 2. The molecule has 1 aromatic carbocycles. The molecule has 0 saturated carbocycles. The molecule has 3 heterocycles. The van der Waals surface area contributed by atoms with Crippen molar-refractivity contribution in [3.05, 3.63) is 41.7 Å². The van der Waals surface area contributed by atoms with Crippen LogP contribution in [-0.2, 0) is 11.0 Å². The number of hydrogen-bond donors (Lipinski definition) is 0. The first-order valence-electron chi connectivity index (χ1n) is 8.17. The summed E-state index contributed by atoms with van der Waals surface area (Å²) in [6.07, 6.45) is -3.53. The number of urea groups is 1. The quantitative estimate of drug-likeness (QED) is 0.751. The molecule has 0 N–H and O–H groups in total. The molecule has 1 fully saturated rings. The van der Waals surface area contributed by atoms with Crippen LogP contribution in [0.5, 0.6) is 0 Å². The standard InChI is InChI=1S/C17H16F3N5O2/c1-9-8-24-12-13(22(2)16(27)23(3)14(12)26)21-15(24)25(9)11-6-4-5-10(7-11)17(18,19)20/h4-8,12-13H,1-3H3. The number of allylic oxidation sites excluding steroid dienone is 1. The predicted octanol–water partition coefficient (Wildman–Crippen LogP) is 2.28. The van der Waals surface area contributed by atoms with Crippen molar-refractivity contribution in [3.8, 4) is 0 Å². The lowest BCUT2D eigenvalue weighted by Gasteiger charge is -2.38. The first-order valence-corrected chi connectivity index (χ1v) is 8.17. The van der Waals surface area contributed by atoms with E-state index in [0.717, 1.165) is 17.0 Å². The van der Waals surface area contributed by atoms with Gasteiger partial charge in [0.1, 0.15) is 0 Å². The number of benzene rings is 1. The predicted molar refractivity (Wildman–Crippen MR) is 90.5 cm³/mol. The van der Waals surface area contributed by atoms with E-state index < -0.39 is 35.9 Å². The molecular weight excluding hydrogens is 363 g/mol. The lowest BCUT2D eigenvalue weighted by molar-refractivity contribution is -0.137. The van der Waals surface area contributed by atoms with Crippen LogP contribution in [0.3, 0.4) is 0 Å². The molecule has 27 heavy (non-hydrogen) atoms. The first-order chi connectivity index (χ1) is 12.6. The second-order valence-electron chi connectivity index (χ2n) is 6.64. The van der Waals surface area contributed by atoms with Gasteiger partial charge in [-0.25, -0.2) is 9.79 Å². The second kappa shape index (κ2) is 5.48. The number of halogens is 3. The van der Waals surface area contributed by atoms with Crippen LogP contribution in [0.1, 0.15) is 12.5 Å². The van der Waals surface area contributed by atoms with E-state index in [9.17, 15) is 22.8 Å². The van der Waals surface area contributed by atoms with Crippen LogP contribution >= 0.6 is 0 Å². The Morgan fingerprint density at radius 3 is 2.52 bits per heavy atom. The van der Waals surface area contributed by atoms with Crippen molar-refractivity contribution in [3.63, 3.8) is 0 Å². The van der Waals surface area contributed by atoms with E-state index in [1.54, 1.807) is 36.0 Å². The molecule has 142 valence electrons. The summed E-state index contributed by atoms with van der Waals surface area (Å²) < 4.78 is 39.2. The Balaban J connectivity index is 1.76. The van der Waals surface area contributed by atoms with E-state index >= 15 is 0 Å². The van der Waals surface area contributed by atoms with Crippen LogP contribution in [0.25, 0.3) is 0 Å². The highest BCUT2D eigenvalue weighted by atomic mass is 19.4. The molecular formula is C17H16F3N5O2. The minimum atomic E-state index is -4.47. The maximum absolute atomic E-state index is 13.1. The molecule has 0 aromatic heterocycles.